The Morgan fingerprint density at radius 2 is 1.85 bits per heavy atom. The summed E-state index contributed by atoms with van der Waals surface area (Å²) >= 11 is 0. The summed E-state index contributed by atoms with van der Waals surface area (Å²) < 4.78 is 11.3. The van der Waals surface area contributed by atoms with Crippen molar-refractivity contribution in [2.45, 2.75) is 64.4 Å². The lowest BCUT2D eigenvalue weighted by Gasteiger charge is -2.21. The molecule has 5 nitrogen and oxygen atoms in total. The Morgan fingerprint density at radius 3 is 2.54 bits per heavy atom. The topological polar surface area (TPSA) is 64.6 Å². The molecule has 0 aromatic heterocycles. The number of ketones is 1. The van der Waals surface area contributed by atoms with Crippen LogP contribution < -0.4 is 10.1 Å². The summed E-state index contributed by atoms with van der Waals surface area (Å²) in [4.78, 5) is 22.8. The lowest BCUT2D eigenvalue weighted by Crippen LogP contribution is -2.30. The van der Waals surface area contributed by atoms with Gasteiger partial charge in [0.2, 0.25) is 0 Å². The third kappa shape index (κ3) is 8.48. The first-order valence-electron chi connectivity index (χ1n) is 9.73. The molecule has 0 bridgehead atoms. The number of ether oxygens (including phenoxy) is 2. The quantitative estimate of drug-likeness (QED) is 0.613. The van der Waals surface area contributed by atoms with E-state index in [0.717, 1.165) is 18.4 Å². The summed E-state index contributed by atoms with van der Waals surface area (Å²) in [7, 11) is 0. The van der Waals surface area contributed by atoms with E-state index in [0.29, 0.717) is 31.4 Å². The first kappa shape index (κ1) is 20.4. The van der Waals surface area contributed by atoms with E-state index in [2.05, 4.69) is 5.32 Å². The minimum absolute atomic E-state index is 0.0102. The molecule has 1 aliphatic carbocycles. The fourth-order valence-corrected chi connectivity index (χ4v) is 3.05. The molecule has 1 aromatic rings. The lowest BCUT2D eigenvalue weighted by atomic mass is 9.98. The van der Waals surface area contributed by atoms with E-state index < -0.39 is 0 Å². The van der Waals surface area contributed by atoms with Crippen molar-refractivity contribution in [3.8, 4) is 5.75 Å². The molecule has 144 valence electrons. The van der Waals surface area contributed by atoms with E-state index in [1.54, 1.807) is 6.92 Å². The monoisotopic (exact) mass is 361 g/mol. The Bertz CT molecular complexity index is 550. The van der Waals surface area contributed by atoms with Crippen molar-refractivity contribution < 1.29 is 19.1 Å². The number of nitrogens with one attached hydrogen (secondary N) is 1. The number of Topliss-reactive ketones (excluding diaryl/α,β-unsaturated/α-hetero) is 1. The van der Waals surface area contributed by atoms with E-state index >= 15 is 0 Å². The van der Waals surface area contributed by atoms with Crippen molar-refractivity contribution >= 4 is 11.7 Å². The third-order valence-electron chi connectivity index (χ3n) is 4.61. The van der Waals surface area contributed by atoms with Gasteiger partial charge in [0.25, 0.3) is 5.91 Å². The van der Waals surface area contributed by atoms with Gasteiger partial charge in [-0.3, -0.25) is 4.79 Å². The molecule has 0 saturated heterocycles. The average Bonchev–Trinajstić information content (AvgIpc) is 2.66. The lowest BCUT2D eigenvalue weighted by molar-refractivity contribution is -0.123. The van der Waals surface area contributed by atoms with E-state index in [4.69, 9.17) is 9.47 Å². The first-order chi connectivity index (χ1) is 12.6. The fourth-order valence-electron chi connectivity index (χ4n) is 3.05. The third-order valence-corrected chi connectivity index (χ3v) is 4.61. The second-order valence-electron chi connectivity index (χ2n) is 6.97. The van der Waals surface area contributed by atoms with E-state index in [9.17, 15) is 9.59 Å². The van der Waals surface area contributed by atoms with Gasteiger partial charge in [0.05, 0.1) is 6.10 Å². The highest BCUT2D eigenvalue weighted by atomic mass is 16.5. The summed E-state index contributed by atoms with van der Waals surface area (Å²) in [6.45, 7) is 2.92. The summed E-state index contributed by atoms with van der Waals surface area (Å²) in [6.07, 6.45) is 8.76. The van der Waals surface area contributed by atoms with Crippen LogP contribution in [0.15, 0.2) is 24.3 Å². The van der Waals surface area contributed by atoms with Crippen LogP contribution in [0.4, 0.5) is 0 Å². The van der Waals surface area contributed by atoms with Crippen molar-refractivity contribution in [3.63, 3.8) is 0 Å². The Hall–Kier alpha value is -1.88. The van der Waals surface area contributed by atoms with E-state index in [1.807, 2.05) is 24.3 Å². The van der Waals surface area contributed by atoms with Crippen LogP contribution in [-0.4, -0.2) is 37.6 Å². The molecule has 1 N–H and O–H groups in total. The Kier molecular flexibility index (Phi) is 9.18. The van der Waals surface area contributed by atoms with Crippen LogP contribution in [0.2, 0.25) is 0 Å². The summed E-state index contributed by atoms with van der Waals surface area (Å²) in [5.74, 6) is 0.724. The van der Waals surface area contributed by atoms with Crippen molar-refractivity contribution in [2.24, 2.45) is 0 Å². The van der Waals surface area contributed by atoms with E-state index in [1.165, 1.54) is 32.1 Å². The average molecular weight is 361 g/mol. The molecule has 2 rings (SSSR count). The highest BCUT2D eigenvalue weighted by Crippen LogP contribution is 2.20. The summed E-state index contributed by atoms with van der Waals surface area (Å²) in [5.41, 5.74) is 1.09. The van der Waals surface area contributed by atoms with Gasteiger partial charge in [0.1, 0.15) is 11.5 Å². The number of hydrogen-bond donors (Lipinski definition) is 1. The normalized spacial score (nSPS) is 14.8. The minimum Gasteiger partial charge on any atom is -0.484 e. The van der Waals surface area contributed by atoms with Crippen molar-refractivity contribution in [1.82, 2.24) is 5.32 Å². The van der Waals surface area contributed by atoms with Gasteiger partial charge in [-0.05, 0) is 50.3 Å². The smallest absolute Gasteiger partial charge is 0.257 e. The van der Waals surface area contributed by atoms with Crippen molar-refractivity contribution in [1.29, 1.82) is 0 Å². The summed E-state index contributed by atoms with van der Waals surface area (Å²) in [5, 5.41) is 2.85. The van der Waals surface area contributed by atoms with Crippen LogP contribution in [0, 0.1) is 0 Å². The zero-order chi connectivity index (χ0) is 18.6. The maximum Gasteiger partial charge on any atom is 0.257 e. The van der Waals surface area contributed by atoms with Crippen molar-refractivity contribution in [2.75, 3.05) is 19.8 Å². The predicted octanol–water partition coefficient (Wildman–Crippen LogP) is 3.44. The zero-order valence-electron chi connectivity index (χ0n) is 15.8. The first-order valence-corrected chi connectivity index (χ1v) is 9.73. The molecule has 1 aromatic carbocycles. The second kappa shape index (κ2) is 11.7. The molecule has 0 heterocycles. The van der Waals surface area contributed by atoms with Crippen LogP contribution in [0.25, 0.3) is 0 Å². The minimum atomic E-state index is -0.122. The number of rotatable bonds is 11. The van der Waals surface area contributed by atoms with E-state index in [-0.39, 0.29) is 18.3 Å². The maximum atomic E-state index is 11.8. The molecule has 0 spiro atoms. The van der Waals surface area contributed by atoms with Crippen molar-refractivity contribution in [3.05, 3.63) is 29.8 Å². The molecular formula is C21H31NO4. The van der Waals surface area contributed by atoms with Gasteiger partial charge in [-0.1, -0.05) is 31.4 Å². The zero-order valence-corrected chi connectivity index (χ0v) is 15.8. The highest BCUT2D eigenvalue weighted by Gasteiger charge is 2.13. The van der Waals surface area contributed by atoms with Gasteiger partial charge >= 0.3 is 0 Å². The fraction of sp³-hybridized carbons (Fsp3) is 0.619. The second-order valence-corrected chi connectivity index (χ2v) is 6.97. The number of amides is 1. The van der Waals surface area contributed by atoms with Crippen LogP contribution in [0.5, 0.6) is 5.75 Å². The number of benzene rings is 1. The SMILES string of the molecule is CC(=O)CCc1ccc(OCC(=O)NCCCOC2CCCCC2)cc1. The molecular weight excluding hydrogens is 330 g/mol. The Balaban J connectivity index is 1.53. The van der Waals surface area contributed by atoms with Crippen LogP contribution in [-0.2, 0) is 20.7 Å². The standard InChI is InChI=1S/C21H31NO4/c1-17(23)8-9-18-10-12-20(13-11-18)26-16-21(24)22-14-5-15-25-19-6-3-2-4-7-19/h10-13,19H,2-9,14-16H2,1H3,(H,22,24). The molecule has 1 amide bonds. The predicted molar refractivity (Wildman–Crippen MR) is 101 cm³/mol. The molecule has 0 aliphatic heterocycles. The number of hydrogen-bond acceptors (Lipinski definition) is 4. The Labute approximate surface area is 156 Å². The maximum absolute atomic E-state index is 11.8. The van der Waals surface area contributed by atoms with Gasteiger partial charge in [-0.2, -0.15) is 0 Å². The number of aryl methyl sites for hydroxylation is 1. The molecule has 1 aliphatic rings. The molecule has 0 radical (unpaired) electrons. The molecule has 26 heavy (non-hydrogen) atoms. The van der Waals surface area contributed by atoms with Gasteiger partial charge in [-0.25, -0.2) is 0 Å². The molecule has 0 unspecified atom stereocenters. The molecule has 5 heteroatoms. The number of carbonyl (C=O) groups excluding carboxylic acids is 2. The van der Waals surface area contributed by atoms with Crippen LogP contribution in [0.3, 0.4) is 0 Å². The molecule has 0 atom stereocenters. The van der Waals surface area contributed by atoms with Gasteiger partial charge in [0, 0.05) is 19.6 Å². The summed E-state index contributed by atoms with van der Waals surface area (Å²) in [6, 6.07) is 7.53. The van der Waals surface area contributed by atoms with Gasteiger partial charge in [0.15, 0.2) is 6.61 Å². The van der Waals surface area contributed by atoms with Crippen LogP contribution in [0.1, 0.15) is 57.4 Å². The molecule has 1 fully saturated rings. The highest BCUT2D eigenvalue weighted by molar-refractivity contribution is 5.77. The van der Waals surface area contributed by atoms with Gasteiger partial charge in [-0.15, -0.1) is 0 Å². The largest absolute Gasteiger partial charge is 0.484 e. The Morgan fingerprint density at radius 1 is 1.12 bits per heavy atom. The molecule has 1 saturated carbocycles. The van der Waals surface area contributed by atoms with Gasteiger partial charge < -0.3 is 19.6 Å². The van der Waals surface area contributed by atoms with Crippen LogP contribution >= 0.6 is 0 Å². The number of carbonyl (C=O) groups is 2.